The number of aromatic nitrogens is 2. The van der Waals surface area contributed by atoms with Crippen LogP contribution in [0.3, 0.4) is 0 Å². The zero-order chi connectivity index (χ0) is 25.7. The van der Waals surface area contributed by atoms with E-state index >= 15 is 0 Å². The highest BCUT2D eigenvalue weighted by Gasteiger charge is 2.46. The van der Waals surface area contributed by atoms with Crippen LogP contribution in [0.25, 0.3) is 21.5 Å². The number of aliphatic hydroxyl groups is 1. The van der Waals surface area contributed by atoms with Crippen molar-refractivity contribution in [3.63, 3.8) is 0 Å². The van der Waals surface area contributed by atoms with Crippen molar-refractivity contribution < 1.29 is 14.7 Å². The SMILES string of the molecule is Cc1ccccc1N1C(=O)C(O)=C(C(=O)c2sc(-c3ccccc3)nc2C)C1c1c[nH]c2ccccc12. The number of aryl methyl sites for hydroxylation is 2. The number of nitrogens with one attached hydrogen (secondary N) is 1. The number of carbonyl (C=O) groups excluding carboxylic acids is 2. The first-order valence-electron chi connectivity index (χ1n) is 11.9. The third kappa shape index (κ3) is 3.67. The number of aromatic amines is 1. The number of para-hydroxylation sites is 2. The van der Waals surface area contributed by atoms with E-state index in [-0.39, 0.29) is 5.57 Å². The summed E-state index contributed by atoms with van der Waals surface area (Å²) in [5, 5.41) is 12.8. The highest BCUT2D eigenvalue weighted by molar-refractivity contribution is 7.17. The van der Waals surface area contributed by atoms with Crippen molar-refractivity contribution in [1.82, 2.24) is 9.97 Å². The van der Waals surface area contributed by atoms with Gasteiger partial charge in [0.15, 0.2) is 5.76 Å². The van der Waals surface area contributed by atoms with Crippen LogP contribution in [0.1, 0.15) is 32.5 Å². The molecule has 2 N–H and O–H groups in total. The summed E-state index contributed by atoms with van der Waals surface area (Å²) < 4.78 is 0. The van der Waals surface area contributed by atoms with Crippen LogP contribution in [0, 0.1) is 13.8 Å². The first-order valence-corrected chi connectivity index (χ1v) is 12.7. The number of anilines is 1. The van der Waals surface area contributed by atoms with E-state index in [1.807, 2.05) is 92.0 Å². The van der Waals surface area contributed by atoms with Gasteiger partial charge in [0, 0.05) is 33.9 Å². The summed E-state index contributed by atoms with van der Waals surface area (Å²) in [5.74, 6) is -1.52. The second-order valence-electron chi connectivity index (χ2n) is 9.04. The Morgan fingerprint density at radius 2 is 1.68 bits per heavy atom. The molecule has 0 aliphatic carbocycles. The van der Waals surface area contributed by atoms with E-state index in [2.05, 4.69) is 9.97 Å². The summed E-state index contributed by atoms with van der Waals surface area (Å²) >= 11 is 1.27. The van der Waals surface area contributed by atoms with Gasteiger partial charge in [-0.25, -0.2) is 4.98 Å². The Hall–Kier alpha value is -4.49. The van der Waals surface area contributed by atoms with Crippen LogP contribution < -0.4 is 4.90 Å². The Morgan fingerprint density at radius 3 is 2.46 bits per heavy atom. The second kappa shape index (κ2) is 8.87. The van der Waals surface area contributed by atoms with Crippen molar-refractivity contribution in [1.29, 1.82) is 0 Å². The van der Waals surface area contributed by atoms with Gasteiger partial charge in [-0.2, -0.15) is 0 Å². The van der Waals surface area contributed by atoms with Gasteiger partial charge in [-0.05, 0) is 31.5 Å². The molecule has 0 bridgehead atoms. The molecule has 2 aromatic heterocycles. The van der Waals surface area contributed by atoms with Crippen molar-refractivity contribution in [3.8, 4) is 10.6 Å². The number of amides is 1. The van der Waals surface area contributed by atoms with Crippen LogP contribution in [0.5, 0.6) is 0 Å². The zero-order valence-electron chi connectivity index (χ0n) is 20.2. The van der Waals surface area contributed by atoms with E-state index in [0.29, 0.717) is 21.3 Å². The molecule has 37 heavy (non-hydrogen) atoms. The number of thiazole rings is 1. The number of H-pyrrole nitrogens is 1. The molecule has 1 unspecified atom stereocenters. The number of rotatable bonds is 5. The maximum Gasteiger partial charge on any atom is 0.294 e. The van der Waals surface area contributed by atoms with Gasteiger partial charge in [0.25, 0.3) is 5.91 Å². The highest BCUT2D eigenvalue weighted by atomic mass is 32.1. The third-order valence-corrected chi connectivity index (χ3v) is 7.97. The lowest BCUT2D eigenvalue weighted by molar-refractivity contribution is -0.117. The van der Waals surface area contributed by atoms with E-state index in [0.717, 1.165) is 27.6 Å². The predicted octanol–water partition coefficient (Wildman–Crippen LogP) is 6.69. The van der Waals surface area contributed by atoms with Crippen LogP contribution >= 0.6 is 11.3 Å². The highest BCUT2D eigenvalue weighted by Crippen LogP contribution is 2.45. The van der Waals surface area contributed by atoms with Crippen molar-refractivity contribution in [2.45, 2.75) is 19.9 Å². The van der Waals surface area contributed by atoms with Gasteiger partial charge < -0.3 is 10.1 Å². The van der Waals surface area contributed by atoms with E-state index < -0.39 is 23.5 Å². The molecule has 6 nitrogen and oxygen atoms in total. The molecule has 1 aliphatic heterocycles. The average Bonchev–Trinajstić information content (AvgIpc) is 3.59. The standard InChI is InChI=1S/C30H23N3O3S/c1-17-10-6-9-15-23(17)33-25(21-16-31-22-14-8-7-13-20(21)22)24(27(35)30(33)36)26(34)28-18(2)32-29(37-28)19-11-4-3-5-12-19/h3-16,25,31,35H,1-2H3. The lowest BCUT2D eigenvalue weighted by Gasteiger charge is -2.27. The Balaban J connectivity index is 1.53. The number of carbonyl (C=O) groups is 2. The Bertz CT molecular complexity index is 1710. The molecule has 0 radical (unpaired) electrons. The minimum Gasteiger partial charge on any atom is -0.503 e. The summed E-state index contributed by atoms with van der Waals surface area (Å²) in [5.41, 5.74) is 4.66. The fourth-order valence-corrected chi connectivity index (χ4v) is 5.99. The summed E-state index contributed by atoms with van der Waals surface area (Å²) in [6.07, 6.45) is 1.81. The number of benzene rings is 3. The molecular weight excluding hydrogens is 482 g/mol. The number of hydrogen-bond donors (Lipinski definition) is 2. The van der Waals surface area contributed by atoms with Crippen LogP contribution in [0.4, 0.5) is 5.69 Å². The molecule has 1 atom stereocenters. The van der Waals surface area contributed by atoms with Crippen LogP contribution in [-0.4, -0.2) is 26.8 Å². The average molecular weight is 506 g/mol. The number of nitrogens with zero attached hydrogens (tertiary/aromatic N) is 2. The van der Waals surface area contributed by atoms with Crippen molar-refractivity contribution in [3.05, 3.63) is 118 Å². The van der Waals surface area contributed by atoms with Crippen LogP contribution in [0.15, 0.2) is 96.4 Å². The van der Waals surface area contributed by atoms with Gasteiger partial charge in [-0.15, -0.1) is 11.3 Å². The summed E-state index contributed by atoms with van der Waals surface area (Å²) in [7, 11) is 0. The summed E-state index contributed by atoms with van der Waals surface area (Å²) in [6, 6.07) is 24.1. The van der Waals surface area contributed by atoms with E-state index in [1.165, 1.54) is 16.2 Å². The molecule has 0 saturated heterocycles. The van der Waals surface area contributed by atoms with Crippen LogP contribution in [0.2, 0.25) is 0 Å². The minimum absolute atomic E-state index is 0.0596. The number of ketones is 1. The number of Topliss-reactive ketones (excluding diaryl/α,β-unsaturated/α-hetero) is 1. The first-order chi connectivity index (χ1) is 18.0. The van der Waals surface area contributed by atoms with Gasteiger partial charge in [0.05, 0.1) is 22.2 Å². The first kappa shape index (κ1) is 22.9. The lowest BCUT2D eigenvalue weighted by Crippen LogP contribution is -2.31. The van der Waals surface area contributed by atoms with E-state index in [1.54, 1.807) is 6.92 Å². The van der Waals surface area contributed by atoms with E-state index in [9.17, 15) is 14.7 Å². The molecule has 0 saturated carbocycles. The lowest BCUT2D eigenvalue weighted by atomic mass is 9.94. The van der Waals surface area contributed by atoms with Gasteiger partial charge in [-0.3, -0.25) is 14.5 Å². The summed E-state index contributed by atoms with van der Waals surface area (Å²) in [6.45, 7) is 3.69. The van der Waals surface area contributed by atoms with Crippen LogP contribution in [-0.2, 0) is 4.79 Å². The molecule has 7 heteroatoms. The molecule has 6 rings (SSSR count). The van der Waals surface area contributed by atoms with Gasteiger partial charge in [0.1, 0.15) is 5.01 Å². The molecular formula is C30H23N3O3S. The Morgan fingerprint density at radius 1 is 0.973 bits per heavy atom. The third-order valence-electron chi connectivity index (χ3n) is 6.77. The van der Waals surface area contributed by atoms with Crippen molar-refractivity contribution in [2.24, 2.45) is 0 Å². The van der Waals surface area contributed by atoms with Gasteiger partial charge in [-0.1, -0.05) is 66.7 Å². The summed E-state index contributed by atoms with van der Waals surface area (Å²) in [4.78, 5) is 37.6. The molecule has 3 aromatic carbocycles. The molecule has 0 fully saturated rings. The molecule has 1 aliphatic rings. The zero-order valence-corrected chi connectivity index (χ0v) is 21.0. The molecule has 5 aromatic rings. The smallest absolute Gasteiger partial charge is 0.294 e. The van der Waals surface area contributed by atoms with Gasteiger partial charge in [0.2, 0.25) is 5.78 Å². The number of fused-ring (bicyclic) bond motifs is 1. The predicted molar refractivity (Wildman–Crippen MR) is 146 cm³/mol. The Labute approximate surface area is 217 Å². The monoisotopic (exact) mass is 505 g/mol. The molecule has 182 valence electrons. The largest absolute Gasteiger partial charge is 0.503 e. The number of aliphatic hydroxyl groups excluding tert-OH is 1. The maximum absolute atomic E-state index is 14.1. The topological polar surface area (TPSA) is 86.3 Å². The van der Waals surface area contributed by atoms with Crippen molar-refractivity contribution >= 4 is 39.6 Å². The van der Waals surface area contributed by atoms with E-state index in [4.69, 9.17) is 0 Å². The van der Waals surface area contributed by atoms with Gasteiger partial charge >= 0.3 is 0 Å². The Kier molecular flexibility index (Phi) is 5.50. The number of hydrogen-bond acceptors (Lipinski definition) is 5. The minimum atomic E-state index is -0.807. The quantitative estimate of drug-likeness (QED) is 0.261. The maximum atomic E-state index is 14.1. The normalized spacial score (nSPS) is 15.7. The fraction of sp³-hybridized carbons (Fsp3) is 0.100. The molecule has 0 spiro atoms. The molecule has 1 amide bonds. The fourth-order valence-electron chi connectivity index (χ4n) is 4.97. The second-order valence-corrected chi connectivity index (χ2v) is 10.0. The molecule has 3 heterocycles. The van der Waals surface area contributed by atoms with Crippen molar-refractivity contribution in [2.75, 3.05) is 4.90 Å².